The van der Waals surface area contributed by atoms with Crippen LogP contribution in [0.2, 0.25) is 0 Å². The minimum absolute atomic E-state index is 0.0747. The average molecular weight is 850 g/mol. The first-order valence-corrected chi connectivity index (χ1v) is 18.8. The average Bonchev–Trinajstić information content (AvgIpc) is 3.93. The van der Waals surface area contributed by atoms with Crippen molar-refractivity contribution in [2.75, 3.05) is 22.1 Å². The number of aryl methyl sites for hydroxylation is 2. The van der Waals surface area contributed by atoms with Crippen LogP contribution in [0.25, 0.3) is 23.0 Å². The van der Waals surface area contributed by atoms with Crippen molar-refractivity contribution < 1.29 is 19.2 Å². The number of carbonyl (C=O) groups excluding carboxylic acids is 2. The quantitative estimate of drug-likeness (QED) is 0.0639. The summed E-state index contributed by atoms with van der Waals surface area (Å²) in [4.78, 5) is 48.6. The lowest BCUT2D eigenvalue weighted by molar-refractivity contribution is -0.384. The smallest absolute Gasteiger partial charge is 0.409 e. The number of nitrogens with two attached hydrogens (primary N) is 2. The van der Waals surface area contributed by atoms with Gasteiger partial charge in [-0.05, 0) is 101 Å². The summed E-state index contributed by atoms with van der Waals surface area (Å²) in [5, 5.41) is 31.6. The molecule has 7 rings (SSSR count). The highest BCUT2D eigenvalue weighted by Crippen LogP contribution is 2.21. The molecule has 1 aromatic carbocycles. The summed E-state index contributed by atoms with van der Waals surface area (Å²) in [7, 11) is 0. The number of hydrogen-bond donors (Lipinski definition) is 4. The van der Waals surface area contributed by atoms with Crippen LogP contribution in [0, 0.1) is 24.0 Å². The summed E-state index contributed by atoms with van der Waals surface area (Å²) in [6.07, 6.45) is 6.80. The van der Waals surface area contributed by atoms with Crippen molar-refractivity contribution >= 4 is 52.0 Å². The first-order chi connectivity index (χ1) is 29.1. The van der Waals surface area contributed by atoms with Gasteiger partial charge in [-0.2, -0.15) is 0 Å². The number of pyridine rings is 4. The number of nitrogens with one attached hydrogen (secondary N) is 2. The molecule has 21 heteroatoms. The number of benzene rings is 1. The van der Waals surface area contributed by atoms with Gasteiger partial charge in [0.05, 0.1) is 4.92 Å². The second-order valence-corrected chi connectivity index (χ2v) is 13.6. The first-order valence-electron chi connectivity index (χ1n) is 18.4. The number of ether oxygens (including phenoxy) is 1. The van der Waals surface area contributed by atoms with E-state index in [0.717, 1.165) is 22.6 Å². The van der Waals surface area contributed by atoms with Gasteiger partial charge >= 0.3 is 11.5 Å². The molecule has 0 saturated heterocycles. The first kappa shape index (κ1) is 45.8. The Labute approximate surface area is 355 Å². The highest BCUT2D eigenvalue weighted by atomic mass is 35.5. The van der Waals surface area contributed by atoms with Gasteiger partial charge in [-0.25, -0.2) is 29.5 Å². The van der Waals surface area contributed by atoms with Crippen LogP contribution < -0.4 is 26.8 Å². The molecule has 0 unspecified atom stereocenters. The number of halogens is 1. The molecule has 0 atom stereocenters. The van der Waals surface area contributed by atoms with E-state index >= 15 is 0 Å². The fourth-order valence-corrected chi connectivity index (χ4v) is 4.92. The monoisotopic (exact) mass is 849 g/mol. The molecule has 20 nitrogen and oxygen atoms in total. The topological polar surface area (TPSA) is 276 Å². The van der Waals surface area contributed by atoms with Gasteiger partial charge in [-0.3, -0.25) is 20.7 Å². The molecule has 2 amide bonds. The number of carbonyl (C=O) groups is 2. The Morgan fingerprint density at radius 1 is 0.705 bits per heavy atom. The Bertz CT molecular complexity index is 2470. The SMILES string of the molecule is CC(C)n1cnnc1-c1cccc(N)n1.Cc1ccc(N)nc1.Cc1ccc(NC(=O)Nc2cccc(-c3nncn3C(C)C)n2)nc1.O=C(Cl)Oc1ccc([N+](=O)[O-])cc1. The largest absolute Gasteiger partial charge is 0.414 e. The standard InChI is InChI=1S/C17H19N7O.C10H13N5.C7H4ClNO4.C6H8N2/c1-11(2)24-10-19-23-16(24)13-5-4-6-15(20-13)22-17(25)21-14-8-7-12(3)9-18-14;1-7(2)15-6-12-14-10(15)8-4-3-5-9(11)13-8;8-7(10)13-6-3-1-5(2-4-6)9(11)12;1-5-2-3-6(7)8-4-5/h4-11H,1-3H3,(H2,18,20,21,22,25);3-7H,1-2H3,(H2,11,13);1-4H;2-4H,1H3,(H2,7,8). The third kappa shape index (κ3) is 14.8. The summed E-state index contributed by atoms with van der Waals surface area (Å²) in [6.45, 7) is 12.1. The van der Waals surface area contributed by atoms with Crippen molar-refractivity contribution in [3.8, 4) is 28.8 Å². The lowest BCUT2D eigenvalue weighted by Gasteiger charge is -2.11. The van der Waals surface area contributed by atoms with Crippen LogP contribution in [0.1, 0.15) is 50.9 Å². The molecule has 0 radical (unpaired) electrons. The van der Waals surface area contributed by atoms with Crippen LogP contribution in [-0.2, 0) is 0 Å². The predicted octanol–water partition coefficient (Wildman–Crippen LogP) is 8.08. The molecule has 0 bridgehead atoms. The minimum atomic E-state index is -0.978. The van der Waals surface area contributed by atoms with Gasteiger partial charge in [0.1, 0.15) is 53.1 Å². The number of urea groups is 1. The van der Waals surface area contributed by atoms with Crippen LogP contribution in [0.3, 0.4) is 0 Å². The number of anilines is 4. The van der Waals surface area contributed by atoms with Crippen LogP contribution in [-0.4, -0.2) is 65.8 Å². The second-order valence-electron chi connectivity index (χ2n) is 13.3. The zero-order valence-electron chi connectivity index (χ0n) is 34.0. The number of nitrogen functional groups attached to an aromatic ring is 2. The minimum Gasteiger partial charge on any atom is -0.414 e. The summed E-state index contributed by atoms with van der Waals surface area (Å²) in [5.74, 6) is 3.53. The highest BCUT2D eigenvalue weighted by molar-refractivity contribution is 6.61. The number of nitrogens with zero attached hydrogens (tertiary/aromatic N) is 11. The van der Waals surface area contributed by atoms with E-state index in [0.29, 0.717) is 40.8 Å². The lowest BCUT2D eigenvalue weighted by atomic mass is 10.3. The number of nitro groups is 1. The second kappa shape index (κ2) is 22.3. The predicted molar refractivity (Wildman–Crippen MR) is 232 cm³/mol. The number of hydrogen-bond acceptors (Lipinski definition) is 15. The molecule has 0 aliphatic rings. The van der Waals surface area contributed by atoms with E-state index in [1.165, 1.54) is 24.3 Å². The van der Waals surface area contributed by atoms with E-state index in [1.807, 2.05) is 67.2 Å². The maximum Gasteiger partial charge on any atom is 0.409 e. The number of amides is 2. The fraction of sp³-hybridized carbons (Fsp3) is 0.200. The summed E-state index contributed by atoms with van der Waals surface area (Å²) >= 11 is 4.92. The number of non-ortho nitro benzene ring substituents is 1. The van der Waals surface area contributed by atoms with Gasteiger partial charge in [0.2, 0.25) is 0 Å². The molecule has 0 aliphatic heterocycles. The van der Waals surface area contributed by atoms with Crippen LogP contribution in [0.4, 0.5) is 38.5 Å². The van der Waals surface area contributed by atoms with Gasteiger partial charge in [-0.15, -0.1) is 20.4 Å². The fourth-order valence-electron chi connectivity index (χ4n) is 4.83. The van der Waals surface area contributed by atoms with Gasteiger partial charge in [-0.1, -0.05) is 24.3 Å². The number of aromatic nitrogens is 10. The van der Waals surface area contributed by atoms with E-state index in [2.05, 4.69) is 69.5 Å². The summed E-state index contributed by atoms with van der Waals surface area (Å²) < 4.78 is 8.33. The van der Waals surface area contributed by atoms with Crippen molar-refractivity contribution in [1.82, 2.24) is 49.5 Å². The van der Waals surface area contributed by atoms with Gasteiger partial charge in [0, 0.05) is 48.2 Å². The Morgan fingerprint density at radius 3 is 1.72 bits per heavy atom. The summed E-state index contributed by atoms with van der Waals surface area (Å²) in [6, 6.07) is 23.3. The van der Waals surface area contributed by atoms with E-state index in [-0.39, 0.29) is 17.5 Å². The molecule has 0 spiro atoms. The van der Waals surface area contributed by atoms with Gasteiger partial charge in [0.15, 0.2) is 11.6 Å². The Balaban J connectivity index is 0.000000195. The number of rotatable bonds is 8. The third-order valence-electron chi connectivity index (χ3n) is 7.81. The lowest BCUT2D eigenvalue weighted by Crippen LogP contribution is -2.20. The van der Waals surface area contributed by atoms with E-state index in [1.54, 1.807) is 55.4 Å². The maximum absolute atomic E-state index is 12.1. The normalized spacial score (nSPS) is 10.2. The van der Waals surface area contributed by atoms with Crippen molar-refractivity contribution in [2.45, 2.75) is 53.6 Å². The zero-order valence-corrected chi connectivity index (χ0v) is 34.8. The maximum atomic E-state index is 12.1. The van der Waals surface area contributed by atoms with Crippen molar-refractivity contribution in [2.24, 2.45) is 0 Å². The van der Waals surface area contributed by atoms with Crippen molar-refractivity contribution in [3.05, 3.63) is 131 Å². The van der Waals surface area contributed by atoms with Crippen LogP contribution in [0.5, 0.6) is 5.75 Å². The van der Waals surface area contributed by atoms with E-state index < -0.39 is 16.4 Å². The van der Waals surface area contributed by atoms with E-state index in [4.69, 9.17) is 23.1 Å². The van der Waals surface area contributed by atoms with Crippen molar-refractivity contribution in [1.29, 1.82) is 0 Å². The highest BCUT2D eigenvalue weighted by Gasteiger charge is 2.13. The Kier molecular flexibility index (Phi) is 16.8. The molecule has 7 aromatic rings. The zero-order chi connectivity index (χ0) is 44.5. The molecular weight excluding hydrogens is 806 g/mol. The molecule has 6 N–H and O–H groups in total. The molecular formula is C40H44ClN15O5. The molecule has 0 saturated carbocycles. The van der Waals surface area contributed by atoms with Crippen molar-refractivity contribution in [3.63, 3.8) is 0 Å². The number of nitro benzene ring substituents is 1. The Morgan fingerprint density at radius 2 is 1.25 bits per heavy atom. The summed E-state index contributed by atoms with van der Waals surface area (Å²) in [5.41, 5.74) is 13.4. The molecule has 0 aliphatic carbocycles. The third-order valence-corrected chi connectivity index (χ3v) is 7.89. The van der Waals surface area contributed by atoms with E-state index in [9.17, 15) is 19.7 Å². The molecule has 0 fully saturated rings. The molecule has 61 heavy (non-hydrogen) atoms. The van der Waals surface area contributed by atoms with Crippen LogP contribution >= 0.6 is 11.6 Å². The Hall–Kier alpha value is -7.87. The molecule has 316 valence electrons. The molecule has 6 heterocycles. The van der Waals surface area contributed by atoms with Gasteiger partial charge in [0.25, 0.3) is 5.69 Å². The van der Waals surface area contributed by atoms with Gasteiger partial charge < -0.3 is 25.3 Å². The molecule has 6 aromatic heterocycles. The van der Waals surface area contributed by atoms with Crippen LogP contribution in [0.15, 0.2) is 110 Å².